The van der Waals surface area contributed by atoms with E-state index < -0.39 is 10.0 Å². The Morgan fingerprint density at radius 3 is 2.36 bits per heavy atom. The molecule has 0 unspecified atom stereocenters. The van der Waals surface area contributed by atoms with Crippen LogP contribution in [0.5, 0.6) is 0 Å². The Bertz CT molecular complexity index is 685. The van der Waals surface area contributed by atoms with E-state index in [9.17, 15) is 8.42 Å². The lowest BCUT2D eigenvalue weighted by Crippen LogP contribution is -2.31. The number of aryl methyl sites for hydroxylation is 1. The third-order valence-electron chi connectivity index (χ3n) is 3.30. The van der Waals surface area contributed by atoms with Crippen molar-refractivity contribution in [3.8, 4) is 0 Å². The molecule has 0 aliphatic rings. The van der Waals surface area contributed by atoms with Gasteiger partial charge < -0.3 is 5.32 Å². The Kier molecular flexibility index (Phi) is 6.12. The van der Waals surface area contributed by atoms with Crippen LogP contribution >= 0.6 is 0 Å². The Balaban J connectivity index is 1.71. The number of nitrogens with one attached hydrogen (secondary N) is 2. The zero-order valence-corrected chi connectivity index (χ0v) is 13.6. The summed E-state index contributed by atoms with van der Waals surface area (Å²) in [7, 11) is -3.25. The molecule has 0 heterocycles. The lowest BCUT2D eigenvalue weighted by atomic mass is 10.1. The Hall–Kier alpha value is -1.69. The number of sulfonamides is 1. The minimum absolute atomic E-state index is 0.0750. The number of rotatable bonds is 8. The third-order valence-corrected chi connectivity index (χ3v) is 4.62. The van der Waals surface area contributed by atoms with Gasteiger partial charge >= 0.3 is 0 Å². The summed E-state index contributed by atoms with van der Waals surface area (Å²) < 4.78 is 26.5. The molecular weight excluding hydrogens is 296 g/mol. The van der Waals surface area contributed by atoms with Crippen LogP contribution in [0.25, 0.3) is 0 Å². The van der Waals surface area contributed by atoms with E-state index in [4.69, 9.17) is 0 Å². The van der Waals surface area contributed by atoms with E-state index in [-0.39, 0.29) is 5.75 Å². The molecule has 0 saturated heterocycles. The first kappa shape index (κ1) is 16.7. The number of hydrogen-bond acceptors (Lipinski definition) is 3. The van der Waals surface area contributed by atoms with E-state index in [1.165, 1.54) is 5.56 Å². The molecule has 22 heavy (non-hydrogen) atoms. The second-order valence-electron chi connectivity index (χ2n) is 5.29. The van der Waals surface area contributed by atoms with Crippen molar-refractivity contribution in [2.45, 2.75) is 20.0 Å². The van der Waals surface area contributed by atoms with Crippen LogP contribution in [0.2, 0.25) is 0 Å². The van der Waals surface area contributed by atoms with E-state index in [1.807, 2.05) is 55.5 Å². The highest BCUT2D eigenvalue weighted by atomic mass is 32.2. The molecular formula is C17H22N2O2S. The molecule has 0 radical (unpaired) electrons. The van der Waals surface area contributed by atoms with Gasteiger partial charge in [-0.15, -0.1) is 0 Å². The predicted molar refractivity (Wildman–Crippen MR) is 90.0 cm³/mol. The molecule has 0 saturated carbocycles. The van der Waals surface area contributed by atoms with Gasteiger partial charge in [0.1, 0.15) is 0 Å². The highest BCUT2D eigenvalue weighted by molar-refractivity contribution is 7.89. The van der Waals surface area contributed by atoms with Crippen LogP contribution in [0.4, 0.5) is 0 Å². The molecule has 0 amide bonds. The molecule has 0 aliphatic heterocycles. The van der Waals surface area contributed by atoms with Crippen LogP contribution in [0, 0.1) is 6.92 Å². The molecule has 2 rings (SSSR count). The summed E-state index contributed by atoms with van der Waals surface area (Å²) in [5, 5.41) is 3.16. The molecule has 2 aromatic carbocycles. The Morgan fingerprint density at radius 2 is 1.64 bits per heavy atom. The monoisotopic (exact) mass is 318 g/mol. The SMILES string of the molecule is Cc1cccc(CNCCS(=O)(=O)NCc2ccccc2)c1. The zero-order valence-electron chi connectivity index (χ0n) is 12.7. The molecule has 0 atom stereocenters. The van der Waals surface area contributed by atoms with E-state index in [2.05, 4.69) is 16.1 Å². The van der Waals surface area contributed by atoms with Gasteiger partial charge in [-0.1, -0.05) is 60.2 Å². The summed E-state index contributed by atoms with van der Waals surface area (Å²) in [5.41, 5.74) is 3.32. The topological polar surface area (TPSA) is 58.2 Å². The fourth-order valence-corrected chi connectivity index (χ4v) is 3.07. The number of hydrogen-bond donors (Lipinski definition) is 2. The average molecular weight is 318 g/mol. The standard InChI is InChI=1S/C17H22N2O2S/c1-15-6-5-9-17(12-15)13-18-10-11-22(20,21)19-14-16-7-3-2-4-8-16/h2-9,12,18-19H,10-11,13-14H2,1H3. The second-order valence-corrected chi connectivity index (χ2v) is 7.22. The first-order valence-corrected chi connectivity index (χ1v) is 8.98. The van der Waals surface area contributed by atoms with Gasteiger partial charge in [0.25, 0.3) is 0 Å². The second kappa shape index (κ2) is 8.08. The highest BCUT2D eigenvalue weighted by Crippen LogP contribution is 2.03. The van der Waals surface area contributed by atoms with E-state index >= 15 is 0 Å². The molecule has 118 valence electrons. The lowest BCUT2D eigenvalue weighted by molar-refractivity contribution is 0.576. The molecule has 4 nitrogen and oxygen atoms in total. The van der Waals surface area contributed by atoms with Crippen LogP contribution < -0.4 is 10.0 Å². The smallest absolute Gasteiger partial charge is 0.213 e. The molecule has 0 aliphatic carbocycles. The van der Waals surface area contributed by atoms with Crippen molar-refractivity contribution in [3.05, 3.63) is 71.3 Å². The highest BCUT2D eigenvalue weighted by Gasteiger charge is 2.09. The van der Waals surface area contributed by atoms with Gasteiger partial charge in [-0.05, 0) is 18.1 Å². The van der Waals surface area contributed by atoms with Crippen molar-refractivity contribution in [1.29, 1.82) is 0 Å². The van der Waals surface area contributed by atoms with Gasteiger partial charge in [-0.3, -0.25) is 0 Å². The van der Waals surface area contributed by atoms with Crippen molar-refractivity contribution >= 4 is 10.0 Å². The Morgan fingerprint density at radius 1 is 0.909 bits per heavy atom. The van der Waals surface area contributed by atoms with Crippen molar-refractivity contribution in [1.82, 2.24) is 10.0 Å². The van der Waals surface area contributed by atoms with Crippen LogP contribution in [-0.4, -0.2) is 20.7 Å². The predicted octanol–water partition coefficient (Wildman–Crippen LogP) is 2.20. The summed E-state index contributed by atoms with van der Waals surface area (Å²) in [6, 6.07) is 17.7. The van der Waals surface area contributed by atoms with Crippen LogP contribution in [0.15, 0.2) is 54.6 Å². The molecule has 0 bridgehead atoms. The van der Waals surface area contributed by atoms with Crippen molar-refractivity contribution in [2.24, 2.45) is 0 Å². The zero-order chi connectivity index (χ0) is 15.8. The average Bonchev–Trinajstić information content (AvgIpc) is 2.51. The van der Waals surface area contributed by atoms with Gasteiger partial charge in [0.05, 0.1) is 5.75 Å². The lowest BCUT2D eigenvalue weighted by Gasteiger charge is -2.08. The quantitative estimate of drug-likeness (QED) is 0.734. The largest absolute Gasteiger partial charge is 0.312 e. The summed E-state index contributed by atoms with van der Waals surface area (Å²) in [6.07, 6.45) is 0. The van der Waals surface area contributed by atoms with Crippen molar-refractivity contribution < 1.29 is 8.42 Å². The number of benzene rings is 2. The van der Waals surface area contributed by atoms with Gasteiger partial charge in [0.2, 0.25) is 10.0 Å². The van der Waals surface area contributed by atoms with Crippen LogP contribution in [0.1, 0.15) is 16.7 Å². The maximum absolute atomic E-state index is 11.9. The van der Waals surface area contributed by atoms with Crippen LogP contribution in [-0.2, 0) is 23.1 Å². The summed E-state index contributed by atoms with van der Waals surface area (Å²) in [5.74, 6) is 0.0750. The fraction of sp³-hybridized carbons (Fsp3) is 0.294. The molecule has 5 heteroatoms. The van der Waals surface area contributed by atoms with Crippen molar-refractivity contribution in [3.63, 3.8) is 0 Å². The Labute approximate surface area is 132 Å². The summed E-state index contributed by atoms with van der Waals surface area (Å²) >= 11 is 0. The minimum atomic E-state index is -3.25. The maximum atomic E-state index is 11.9. The first-order chi connectivity index (χ1) is 10.6. The van der Waals surface area contributed by atoms with Gasteiger partial charge in [0, 0.05) is 19.6 Å². The van der Waals surface area contributed by atoms with Gasteiger partial charge in [-0.2, -0.15) is 0 Å². The van der Waals surface area contributed by atoms with Gasteiger partial charge in [0.15, 0.2) is 0 Å². The molecule has 0 aromatic heterocycles. The fourth-order valence-electron chi connectivity index (χ4n) is 2.12. The summed E-state index contributed by atoms with van der Waals surface area (Å²) in [6.45, 7) is 3.48. The molecule has 2 N–H and O–H groups in total. The van der Waals surface area contributed by atoms with E-state index in [0.717, 1.165) is 11.1 Å². The first-order valence-electron chi connectivity index (χ1n) is 7.33. The minimum Gasteiger partial charge on any atom is -0.312 e. The molecule has 0 fully saturated rings. The van der Waals surface area contributed by atoms with Crippen LogP contribution in [0.3, 0.4) is 0 Å². The maximum Gasteiger partial charge on any atom is 0.213 e. The van der Waals surface area contributed by atoms with Gasteiger partial charge in [-0.25, -0.2) is 13.1 Å². The molecule has 0 spiro atoms. The normalized spacial score (nSPS) is 11.5. The van der Waals surface area contributed by atoms with E-state index in [0.29, 0.717) is 19.6 Å². The van der Waals surface area contributed by atoms with Crippen molar-refractivity contribution in [2.75, 3.05) is 12.3 Å². The van der Waals surface area contributed by atoms with E-state index in [1.54, 1.807) is 0 Å². The third kappa shape index (κ3) is 5.97. The molecule has 2 aromatic rings. The summed E-state index contributed by atoms with van der Waals surface area (Å²) in [4.78, 5) is 0.